The van der Waals surface area contributed by atoms with Gasteiger partial charge in [0.1, 0.15) is 5.82 Å². The number of rotatable bonds is 7. The smallest absolute Gasteiger partial charge is 0.231 e. The van der Waals surface area contributed by atoms with Crippen molar-refractivity contribution in [2.24, 2.45) is 5.92 Å². The Morgan fingerprint density at radius 2 is 1.89 bits per heavy atom. The van der Waals surface area contributed by atoms with Crippen LogP contribution in [0.5, 0.6) is 11.5 Å². The lowest BCUT2D eigenvalue weighted by Gasteiger charge is -2.29. The summed E-state index contributed by atoms with van der Waals surface area (Å²) in [4.78, 5) is 10.9. The van der Waals surface area contributed by atoms with Crippen LogP contribution in [0.3, 0.4) is 0 Å². The minimum absolute atomic E-state index is 0.327. The van der Waals surface area contributed by atoms with Crippen molar-refractivity contribution in [1.82, 2.24) is 15.3 Å². The van der Waals surface area contributed by atoms with E-state index < -0.39 is 0 Å². The fourth-order valence-electron chi connectivity index (χ4n) is 3.83. The molecule has 1 saturated carbocycles. The second kappa shape index (κ2) is 8.65. The maximum Gasteiger partial charge on any atom is 0.231 e. The molecule has 2 aromatic rings. The number of benzene rings is 1. The van der Waals surface area contributed by atoms with Gasteiger partial charge in [-0.1, -0.05) is 6.07 Å². The van der Waals surface area contributed by atoms with Crippen LogP contribution >= 0.6 is 0 Å². The number of aromatic nitrogens is 2. The van der Waals surface area contributed by atoms with Gasteiger partial charge < -0.3 is 25.0 Å². The second-order valence-electron chi connectivity index (χ2n) is 7.81. The van der Waals surface area contributed by atoms with Crippen molar-refractivity contribution < 1.29 is 9.47 Å². The summed E-state index contributed by atoms with van der Waals surface area (Å²) >= 11 is 0. The lowest BCUT2D eigenvalue weighted by Crippen LogP contribution is -2.31. The lowest BCUT2D eigenvalue weighted by molar-refractivity contribution is 0.174. The lowest BCUT2D eigenvalue weighted by atomic mass is 9.86. The zero-order valence-electron chi connectivity index (χ0n) is 16.6. The van der Waals surface area contributed by atoms with E-state index in [1.807, 2.05) is 37.3 Å². The molecule has 1 aliphatic heterocycles. The van der Waals surface area contributed by atoms with Gasteiger partial charge in [0, 0.05) is 32.9 Å². The van der Waals surface area contributed by atoms with Crippen molar-refractivity contribution in [2.45, 2.75) is 38.3 Å². The summed E-state index contributed by atoms with van der Waals surface area (Å²) in [6.45, 7) is 2.24. The van der Waals surface area contributed by atoms with E-state index in [0.717, 1.165) is 55.1 Å². The molecule has 0 saturated heterocycles. The Morgan fingerprint density at radius 1 is 1.07 bits per heavy atom. The first kappa shape index (κ1) is 18.8. The molecule has 2 N–H and O–H groups in total. The fraction of sp³-hybridized carbons (Fsp3) is 0.524. The highest BCUT2D eigenvalue weighted by atomic mass is 16.7. The van der Waals surface area contributed by atoms with Crippen molar-refractivity contribution in [3.63, 3.8) is 0 Å². The van der Waals surface area contributed by atoms with E-state index in [1.54, 1.807) is 0 Å². The highest BCUT2D eigenvalue weighted by molar-refractivity contribution is 5.44. The molecule has 0 spiro atoms. The number of ether oxygens (including phenoxy) is 2. The van der Waals surface area contributed by atoms with E-state index in [1.165, 1.54) is 18.4 Å². The van der Waals surface area contributed by atoms with E-state index in [9.17, 15) is 0 Å². The molecule has 0 bridgehead atoms. The minimum atomic E-state index is 0.327. The van der Waals surface area contributed by atoms with Crippen LogP contribution in [0, 0.1) is 5.92 Å². The standard InChI is InChI=1S/C21H29N5O2/c1-26(2)20-9-10-23-21(25-20)24-17-6-3-15(4-7-17)12-22-13-16-5-8-18-19(11-16)28-14-27-18/h5,8-11,15,17,22H,3-4,6-7,12-14H2,1-2H3,(H,23,24,25)/t15-,17+. The molecule has 2 aliphatic rings. The third-order valence-electron chi connectivity index (χ3n) is 5.48. The third kappa shape index (κ3) is 4.65. The Morgan fingerprint density at radius 3 is 2.71 bits per heavy atom. The van der Waals surface area contributed by atoms with Gasteiger partial charge in [-0.2, -0.15) is 4.98 Å². The molecule has 1 fully saturated rings. The average molecular weight is 383 g/mol. The zero-order valence-corrected chi connectivity index (χ0v) is 16.6. The van der Waals surface area contributed by atoms with Crippen molar-refractivity contribution in [2.75, 3.05) is 37.6 Å². The van der Waals surface area contributed by atoms with E-state index in [2.05, 4.69) is 32.7 Å². The van der Waals surface area contributed by atoms with Crippen molar-refractivity contribution in [3.8, 4) is 11.5 Å². The van der Waals surface area contributed by atoms with Crippen molar-refractivity contribution >= 4 is 11.8 Å². The maximum absolute atomic E-state index is 5.45. The molecule has 2 heterocycles. The molecule has 4 rings (SSSR count). The van der Waals surface area contributed by atoms with Gasteiger partial charge in [0.2, 0.25) is 12.7 Å². The molecule has 7 nitrogen and oxygen atoms in total. The number of hydrogen-bond acceptors (Lipinski definition) is 7. The van der Waals surface area contributed by atoms with E-state index in [-0.39, 0.29) is 0 Å². The first-order valence-corrected chi connectivity index (χ1v) is 10.0. The Kier molecular flexibility index (Phi) is 5.81. The fourth-order valence-corrected chi connectivity index (χ4v) is 3.83. The van der Waals surface area contributed by atoms with Crippen LogP contribution in [0.4, 0.5) is 11.8 Å². The monoisotopic (exact) mass is 383 g/mol. The van der Waals surface area contributed by atoms with Gasteiger partial charge in [-0.15, -0.1) is 0 Å². The molecule has 1 aromatic carbocycles. The highest BCUT2D eigenvalue weighted by Gasteiger charge is 2.21. The van der Waals surface area contributed by atoms with Gasteiger partial charge in [-0.25, -0.2) is 4.98 Å². The highest BCUT2D eigenvalue weighted by Crippen LogP contribution is 2.32. The van der Waals surface area contributed by atoms with E-state index >= 15 is 0 Å². The average Bonchev–Trinajstić information content (AvgIpc) is 3.17. The van der Waals surface area contributed by atoms with Crippen LogP contribution in [0.2, 0.25) is 0 Å². The molecule has 1 aromatic heterocycles. The number of hydrogen-bond donors (Lipinski definition) is 2. The zero-order chi connectivity index (χ0) is 19.3. The molecule has 150 valence electrons. The van der Waals surface area contributed by atoms with E-state index in [0.29, 0.717) is 12.8 Å². The first-order chi connectivity index (χ1) is 13.7. The van der Waals surface area contributed by atoms with Gasteiger partial charge in [0.25, 0.3) is 0 Å². The summed E-state index contributed by atoms with van der Waals surface area (Å²) in [6, 6.07) is 8.54. The molecular formula is C21H29N5O2. The van der Waals surface area contributed by atoms with Crippen LogP contribution in [0.15, 0.2) is 30.5 Å². The van der Waals surface area contributed by atoms with Crippen molar-refractivity contribution in [3.05, 3.63) is 36.0 Å². The number of fused-ring (bicyclic) bond motifs is 1. The quantitative estimate of drug-likeness (QED) is 0.761. The summed E-state index contributed by atoms with van der Waals surface area (Å²) in [5.41, 5.74) is 1.23. The number of anilines is 2. The summed E-state index contributed by atoms with van der Waals surface area (Å²) in [6.07, 6.45) is 6.58. The molecule has 28 heavy (non-hydrogen) atoms. The summed E-state index contributed by atoms with van der Waals surface area (Å²) in [7, 11) is 3.99. The number of nitrogens with one attached hydrogen (secondary N) is 2. The van der Waals surface area contributed by atoms with Crippen LogP contribution in [-0.4, -0.2) is 43.4 Å². The topological polar surface area (TPSA) is 71.5 Å². The summed E-state index contributed by atoms with van der Waals surface area (Å²) in [5, 5.41) is 7.11. The van der Waals surface area contributed by atoms with Crippen LogP contribution < -0.4 is 25.0 Å². The SMILES string of the molecule is CN(C)c1ccnc(N[C@H]2CC[C@@H](CNCc3ccc4c(c3)OCO4)CC2)n1. The molecule has 0 atom stereocenters. The van der Waals surface area contributed by atoms with Gasteiger partial charge in [0.05, 0.1) is 0 Å². The number of nitrogens with zero attached hydrogens (tertiary/aromatic N) is 3. The van der Waals surface area contributed by atoms with Crippen LogP contribution in [-0.2, 0) is 6.54 Å². The summed E-state index contributed by atoms with van der Waals surface area (Å²) in [5.74, 6) is 4.08. The Bertz CT molecular complexity index is 790. The minimum Gasteiger partial charge on any atom is -0.454 e. The molecule has 0 radical (unpaired) electrons. The Balaban J connectivity index is 1.19. The predicted molar refractivity (Wildman–Crippen MR) is 110 cm³/mol. The van der Waals surface area contributed by atoms with E-state index in [4.69, 9.17) is 9.47 Å². The normalized spacial score (nSPS) is 20.8. The molecule has 1 aliphatic carbocycles. The molecule has 0 unspecified atom stereocenters. The molecular weight excluding hydrogens is 354 g/mol. The predicted octanol–water partition coefficient (Wildman–Crippen LogP) is 3.03. The Labute approximate surface area is 166 Å². The van der Waals surface area contributed by atoms with Gasteiger partial charge in [0.15, 0.2) is 11.5 Å². The third-order valence-corrected chi connectivity index (χ3v) is 5.48. The van der Waals surface area contributed by atoms with Gasteiger partial charge in [-0.05, 0) is 61.9 Å². The maximum atomic E-state index is 5.45. The van der Waals surface area contributed by atoms with Crippen LogP contribution in [0.1, 0.15) is 31.2 Å². The largest absolute Gasteiger partial charge is 0.454 e. The van der Waals surface area contributed by atoms with Gasteiger partial charge >= 0.3 is 0 Å². The van der Waals surface area contributed by atoms with Gasteiger partial charge in [-0.3, -0.25) is 0 Å². The first-order valence-electron chi connectivity index (χ1n) is 10.0. The summed E-state index contributed by atoms with van der Waals surface area (Å²) < 4.78 is 10.8. The van der Waals surface area contributed by atoms with Crippen molar-refractivity contribution in [1.29, 1.82) is 0 Å². The Hall–Kier alpha value is -2.54. The molecule has 0 amide bonds. The van der Waals surface area contributed by atoms with Crippen LogP contribution in [0.25, 0.3) is 0 Å². The molecule has 7 heteroatoms. The second-order valence-corrected chi connectivity index (χ2v) is 7.81.